The van der Waals surface area contributed by atoms with Gasteiger partial charge in [-0.3, -0.25) is 0 Å². The van der Waals surface area contributed by atoms with Crippen LogP contribution in [0, 0.1) is 0 Å². The zero-order chi connectivity index (χ0) is 14.8. The molecule has 0 heterocycles. The van der Waals surface area contributed by atoms with Crippen molar-refractivity contribution in [1.29, 1.82) is 0 Å². The second-order valence-electron chi connectivity index (χ2n) is 4.59. The molecule has 2 N–H and O–H groups in total. The highest BCUT2D eigenvalue weighted by Crippen LogP contribution is 2.13. The summed E-state index contributed by atoms with van der Waals surface area (Å²) in [6.07, 6.45) is 0.972. The smallest absolute Gasteiger partial charge is 0.119 e. The molecule has 1 aromatic rings. The Balaban J connectivity index is 2.20. The van der Waals surface area contributed by atoms with Crippen LogP contribution in [0.5, 0.6) is 5.75 Å². The molecular formula is C15H24N2O2S. The van der Waals surface area contributed by atoms with Crippen molar-refractivity contribution in [3.63, 3.8) is 0 Å². The molecule has 1 aromatic carbocycles. The lowest BCUT2D eigenvalue weighted by atomic mass is 10.2. The molecule has 0 radical (unpaired) electrons. The zero-order valence-corrected chi connectivity index (χ0v) is 13.1. The maximum atomic E-state index is 5.70. The molecule has 0 bridgehead atoms. The summed E-state index contributed by atoms with van der Waals surface area (Å²) in [4.78, 5) is 2.64. The largest absolute Gasteiger partial charge is 0.494 e. The number of rotatable bonds is 10. The Kier molecular flexibility index (Phi) is 8.18. The maximum absolute atomic E-state index is 5.70. The van der Waals surface area contributed by atoms with Gasteiger partial charge in [0.2, 0.25) is 0 Å². The second-order valence-corrected chi connectivity index (χ2v) is 5.03. The van der Waals surface area contributed by atoms with Crippen molar-refractivity contribution in [3.05, 3.63) is 29.8 Å². The highest BCUT2D eigenvalue weighted by molar-refractivity contribution is 7.80. The number of hydrogen-bond acceptors (Lipinski definition) is 4. The molecule has 0 aliphatic rings. The van der Waals surface area contributed by atoms with Crippen molar-refractivity contribution in [2.45, 2.75) is 13.3 Å². The Morgan fingerprint density at radius 3 is 2.80 bits per heavy atom. The van der Waals surface area contributed by atoms with Gasteiger partial charge in [-0.25, -0.2) is 0 Å². The third kappa shape index (κ3) is 6.84. The van der Waals surface area contributed by atoms with Crippen LogP contribution in [-0.2, 0) is 4.74 Å². The molecule has 0 aliphatic carbocycles. The van der Waals surface area contributed by atoms with E-state index in [0.29, 0.717) is 11.6 Å². The summed E-state index contributed by atoms with van der Waals surface area (Å²) in [6, 6.07) is 7.58. The number of nitrogens with zero attached hydrogens (tertiary/aromatic N) is 1. The van der Waals surface area contributed by atoms with Gasteiger partial charge in [0.15, 0.2) is 0 Å². The number of hydrogen-bond donors (Lipinski definition) is 1. The topological polar surface area (TPSA) is 47.7 Å². The molecule has 20 heavy (non-hydrogen) atoms. The molecule has 0 fully saturated rings. The monoisotopic (exact) mass is 296 g/mol. The van der Waals surface area contributed by atoms with E-state index in [9.17, 15) is 0 Å². The van der Waals surface area contributed by atoms with E-state index in [1.54, 1.807) is 0 Å². The van der Waals surface area contributed by atoms with Gasteiger partial charge in [0, 0.05) is 25.3 Å². The highest BCUT2D eigenvalue weighted by atomic mass is 32.1. The van der Waals surface area contributed by atoms with Gasteiger partial charge in [-0.05, 0) is 32.5 Å². The summed E-state index contributed by atoms with van der Waals surface area (Å²) in [7, 11) is 2.09. The first kappa shape index (κ1) is 16.9. The Morgan fingerprint density at radius 1 is 1.30 bits per heavy atom. The highest BCUT2D eigenvalue weighted by Gasteiger charge is 2.01. The lowest BCUT2D eigenvalue weighted by Gasteiger charge is -2.16. The van der Waals surface area contributed by atoms with Crippen molar-refractivity contribution >= 4 is 17.2 Å². The van der Waals surface area contributed by atoms with Crippen LogP contribution in [0.2, 0.25) is 0 Å². The van der Waals surface area contributed by atoms with E-state index < -0.39 is 0 Å². The third-order valence-corrected chi connectivity index (χ3v) is 3.13. The molecule has 4 nitrogen and oxygen atoms in total. The Morgan fingerprint density at radius 2 is 2.10 bits per heavy atom. The minimum atomic E-state index is 0.395. The summed E-state index contributed by atoms with van der Waals surface area (Å²) < 4.78 is 11.0. The van der Waals surface area contributed by atoms with Crippen molar-refractivity contribution in [2.24, 2.45) is 5.73 Å². The van der Waals surface area contributed by atoms with Gasteiger partial charge in [0.25, 0.3) is 0 Å². The molecule has 0 amide bonds. The molecule has 0 atom stereocenters. The van der Waals surface area contributed by atoms with Crippen molar-refractivity contribution in [3.8, 4) is 5.75 Å². The number of likely N-dealkylation sites (N-methyl/N-ethyl adjacent to an activating group) is 1. The standard InChI is InChI=1S/C15H24N2O2S/c1-3-18-11-9-17(2)8-5-10-19-14-7-4-6-13(12-14)15(16)20/h4,6-7,12H,3,5,8-11H2,1-2H3,(H2,16,20). The van der Waals surface area contributed by atoms with Crippen molar-refractivity contribution in [2.75, 3.05) is 40.0 Å². The first-order chi connectivity index (χ1) is 9.63. The van der Waals surface area contributed by atoms with E-state index in [2.05, 4.69) is 11.9 Å². The maximum Gasteiger partial charge on any atom is 0.119 e. The van der Waals surface area contributed by atoms with Gasteiger partial charge in [-0.1, -0.05) is 24.4 Å². The quantitative estimate of drug-likeness (QED) is 0.529. The summed E-state index contributed by atoms with van der Waals surface area (Å²) in [5.74, 6) is 0.812. The number of thiocarbonyl (C=S) groups is 1. The molecular weight excluding hydrogens is 272 g/mol. The molecule has 0 saturated heterocycles. The number of ether oxygens (including phenoxy) is 2. The lowest BCUT2D eigenvalue weighted by Crippen LogP contribution is -2.25. The van der Waals surface area contributed by atoms with E-state index in [0.717, 1.165) is 44.0 Å². The third-order valence-electron chi connectivity index (χ3n) is 2.89. The summed E-state index contributed by atoms with van der Waals surface area (Å²) in [5.41, 5.74) is 6.43. The minimum absolute atomic E-state index is 0.395. The van der Waals surface area contributed by atoms with E-state index >= 15 is 0 Å². The molecule has 0 aliphatic heterocycles. The average molecular weight is 296 g/mol. The van der Waals surface area contributed by atoms with Gasteiger partial charge in [-0.15, -0.1) is 0 Å². The molecule has 1 rings (SSSR count). The first-order valence-electron chi connectivity index (χ1n) is 6.92. The van der Waals surface area contributed by atoms with Gasteiger partial charge in [0.05, 0.1) is 13.2 Å². The van der Waals surface area contributed by atoms with Crippen LogP contribution in [-0.4, -0.2) is 49.8 Å². The van der Waals surface area contributed by atoms with Crippen LogP contribution < -0.4 is 10.5 Å². The first-order valence-corrected chi connectivity index (χ1v) is 7.33. The number of benzene rings is 1. The number of nitrogens with two attached hydrogens (primary N) is 1. The van der Waals surface area contributed by atoms with E-state index in [1.807, 2.05) is 31.2 Å². The van der Waals surface area contributed by atoms with Gasteiger partial charge in [-0.2, -0.15) is 0 Å². The molecule has 112 valence electrons. The molecule has 0 aromatic heterocycles. The summed E-state index contributed by atoms with van der Waals surface area (Å²) in [5, 5.41) is 0. The van der Waals surface area contributed by atoms with Crippen molar-refractivity contribution < 1.29 is 9.47 Å². The van der Waals surface area contributed by atoms with E-state index in [-0.39, 0.29) is 0 Å². The summed E-state index contributed by atoms with van der Waals surface area (Å²) in [6.45, 7) is 6.18. The van der Waals surface area contributed by atoms with Gasteiger partial charge < -0.3 is 20.1 Å². The van der Waals surface area contributed by atoms with Crippen LogP contribution in [0.3, 0.4) is 0 Å². The van der Waals surface area contributed by atoms with Crippen LogP contribution in [0.15, 0.2) is 24.3 Å². The van der Waals surface area contributed by atoms with E-state index in [1.165, 1.54) is 0 Å². The van der Waals surface area contributed by atoms with Crippen LogP contribution in [0.4, 0.5) is 0 Å². The Labute approximate surface area is 126 Å². The fourth-order valence-electron chi connectivity index (χ4n) is 1.74. The molecule has 0 unspecified atom stereocenters. The summed E-state index contributed by atoms with van der Waals surface area (Å²) >= 11 is 4.95. The Bertz CT molecular complexity index is 413. The van der Waals surface area contributed by atoms with Gasteiger partial charge >= 0.3 is 0 Å². The van der Waals surface area contributed by atoms with Crippen LogP contribution in [0.1, 0.15) is 18.9 Å². The SMILES string of the molecule is CCOCCN(C)CCCOc1cccc(C(N)=S)c1. The molecule has 5 heteroatoms. The molecule has 0 saturated carbocycles. The van der Waals surface area contributed by atoms with Crippen molar-refractivity contribution in [1.82, 2.24) is 4.90 Å². The minimum Gasteiger partial charge on any atom is -0.494 e. The normalized spacial score (nSPS) is 10.8. The predicted molar refractivity (Wildman–Crippen MR) is 86.4 cm³/mol. The van der Waals surface area contributed by atoms with Crippen LogP contribution >= 0.6 is 12.2 Å². The van der Waals surface area contributed by atoms with Gasteiger partial charge in [0.1, 0.15) is 10.7 Å². The fourth-order valence-corrected chi connectivity index (χ4v) is 1.87. The lowest BCUT2D eigenvalue weighted by molar-refractivity contribution is 0.120. The second kappa shape index (κ2) is 9.69. The average Bonchev–Trinajstić information content (AvgIpc) is 2.44. The molecule has 0 spiro atoms. The Hall–Kier alpha value is -1.17. The fraction of sp³-hybridized carbons (Fsp3) is 0.533. The zero-order valence-electron chi connectivity index (χ0n) is 12.3. The predicted octanol–water partition coefficient (Wildman–Crippen LogP) is 2.06. The van der Waals surface area contributed by atoms with E-state index in [4.69, 9.17) is 27.4 Å². The van der Waals surface area contributed by atoms with Crippen LogP contribution in [0.25, 0.3) is 0 Å².